The molecule has 0 saturated carbocycles. The number of hydrogen-bond donors (Lipinski definition) is 0. The van der Waals surface area contributed by atoms with Crippen molar-refractivity contribution in [2.75, 3.05) is 6.61 Å². The third-order valence-corrected chi connectivity index (χ3v) is 5.41. The molecule has 1 saturated heterocycles. The largest absolute Gasteiger partial charge is 0.459 e. The molecule has 1 atom stereocenters. The monoisotopic (exact) mass is 423 g/mol. The molecule has 2 aliphatic heterocycles. The molecule has 0 radical (unpaired) electrons. The highest BCUT2D eigenvalue weighted by Gasteiger charge is 2.62. The molecule has 0 aliphatic carbocycles. The lowest BCUT2D eigenvalue weighted by atomic mass is 9.90. The van der Waals surface area contributed by atoms with Gasteiger partial charge in [-0.05, 0) is 31.5 Å². The minimum Gasteiger partial charge on any atom is -0.459 e. The maximum atomic E-state index is 13.4. The van der Waals surface area contributed by atoms with Gasteiger partial charge in [0.25, 0.3) is 5.69 Å². The number of morpholine rings is 1. The number of nitro benzene ring substituents is 1. The zero-order chi connectivity index (χ0) is 22.2. The van der Waals surface area contributed by atoms with Crippen LogP contribution in [0.4, 0.5) is 5.69 Å². The number of cyclic esters (lactones) is 1. The number of non-ortho nitro benzene ring substituents is 1. The summed E-state index contributed by atoms with van der Waals surface area (Å²) in [5, 5.41) is 15.0. The quantitative estimate of drug-likeness (QED) is 0.425. The molecule has 0 aromatic heterocycles. The van der Waals surface area contributed by atoms with E-state index >= 15 is 0 Å². The zero-order valence-corrected chi connectivity index (χ0v) is 17.1. The normalized spacial score (nSPS) is 21.9. The highest BCUT2D eigenvalue weighted by atomic mass is 16.7. The van der Waals surface area contributed by atoms with Crippen LogP contribution in [0.5, 0.6) is 0 Å². The molecule has 9 heteroatoms. The molecule has 1 amide bonds. The Hall–Kier alpha value is -3.75. The molecular weight excluding hydrogens is 402 g/mol. The first-order chi connectivity index (χ1) is 14.7. The van der Waals surface area contributed by atoms with Crippen molar-refractivity contribution in [2.24, 2.45) is 5.16 Å². The first-order valence-corrected chi connectivity index (χ1v) is 9.77. The van der Waals surface area contributed by atoms with Crippen molar-refractivity contribution in [1.82, 2.24) is 4.90 Å². The fraction of sp³-hybridized carbons (Fsp3) is 0.318. The maximum Gasteiger partial charge on any atom is 0.375 e. The van der Waals surface area contributed by atoms with Crippen LogP contribution in [-0.2, 0) is 25.6 Å². The van der Waals surface area contributed by atoms with Crippen LogP contribution in [0, 0.1) is 10.1 Å². The van der Waals surface area contributed by atoms with Crippen molar-refractivity contribution in [3.8, 4) is 0 Å². The van der Waals surface area contributed by atoms with E-state index in [0.29, 0.717) is 11.3 Å². The number of hydrogen-bond acceptors (Lipinski definition) is 7. The number of esters is 1. The van der Waals surface area contributed by atoms with Crippen LogP contribution in [0.2, 0.25) is 0 Å². The zero-order valence-electron chi connectivity index (χ0n) is 17.1. The van der Waals surface area contributed by atoms with Gasteiger partial charge in [0, 0.05) is 17.7 Å². The third-order valence-electron chi connectivity index (χ3n) is 5.41. The average Bonchev–Trinajstić information content (AvgIpc) is 3.17. The van der Waals surface area contributed by atoms with Crippen LogP contribution in [0.1, 0.15) is 31.4 Å². The van der Waals surface area contributed by atoms with Crippen LogP contribution in [-0.4, -0.2) is 45.3 Å². The number of rotatable bonds is 4. The van der Waals surface area contributed by atoms with Gasteiger partial charge in [-0.1, -0.05) is 35.5 Å². The summed E-state index contributed by atoms with van der Waals surface area (Å²) in [4.78, 5) is 43.7. The predicted molar refractivity (Wildman–Crippen MR) is 110 cm³/mol. The maximum absolute atomic E-state index is 13.4. The van der Waals surface area contributed by atoms with Crippen molar-refractivity contribution < 1.29 is 24.1 Å². The summed E-state index contributed by atoms with van der Waals surface area (Å²) in [6.07, 6.45) is 0.0725. The van der Waals surface area contributed by atoms with Crippen molar-refractivity contribution in [3.63, 3.8) is 0 Å². The molecule has 160 valence electrons. The van der Waals surface area contributed by atoms with Gasteiger partial charge < -0.3 is 9.57 Å². The number of benzene rings is 2. The molecule has 1 fully saturated rings. The minimum atomic E-state index is -1.72. The van der Waals surface area contributed by atoms with E-state index in [2.05, 4.69) is 5.16 Å². The highest BCUT2D eigenvalue weighted by molar-refractivity contribution is 6.06. The molecule has 2 heterocycles. The second-order valence-corrected chi connectivity index (χ2v) is 8.17. The predicted octanol–water partition coefficient (Wildman–Crippen LogP) is 2.82. The molecule has 1 spiro atoms. The molecule has 0 N–H and O–H groups in total. The molecule has 2 aromatic carbocycles. The molecule has 2 aliphatic rings. The summed E-state index contributed by atoms with van der Waals surface area (Å²) in [5.74, 6) is -0.970. The number of nitro groups is 1. The van der Waals surface area contributed by atoms with Gasteiger partial charge >= 0.3 is 11.7 Å². The topological polar surface area (TPSA) is 111 Å². The summed E-state index contributed by atoms with van der Waals surface area (Å²) in [7, 11) is 0. The molecule has 0 bridgehead atoms. The summed E-state index contributed by atoms with van der Waals surface area (Å²) in [5.41, 5.74) is -0.816. The Balaban J connectivity index is 1.64. The van der Waals surface area contributed by atoms with E-state index in [1.165, 1.54) is 29.2 Å². The number of ether oxygens (including phenoxy) is 1. The van der Waals surface area contributed by atoms with E-state index in [1.54, 1.807) is 13.8 Å². The summed E-state index contributed by atoms with van der Waals surface area (Å²) < 4.78 is 5.38. The summed E-state index contributed by atoms with van der Waals surface area (Å²) >= 11 is 0. The van der Waals surface area contributed by atoms with Gasteiger partial charge in [-0.25, -0.2) is 4.79 Å². The van der Waals surface area contributed by atoms with E-state index in [0.717, 1.165) is 5.56 Å². The van der Waals surface area contributed by atoms with Gasteiger partial charge in [0.05, 0.1) is 29.0 Å². The Kier molecular flexibility index (Phi) is 4.96. The number of carbonyl (C=O) groups excluding carboxylic acids is 2. The molecule has 9 nitrogen and oxygen atoms in total. The second kappa shape index (κ2) is 7.50. The average molecular weight is 423 g/mol. The van der Waals surface area contributed by atoms with E-state index in [4.69, 9.17) is 9.57 Å². The highest BCUT2D eigenvalue weighted by Crippen LogP contribution is 2.40. The Morgan fingerprint density at radius 2 is 1.84 bits per heavy atom. The van der Waals surface area contributed by atoms with Gasteiger partial charge in [-0.3, -0.25) is 19.8 Å². The van der Waals surface area contributed by atoms with Gasteiger partial charge in [0.1, 0.15) is 6.61 Å². The number of oxime groups is 1. The van der Waals surface area contributed by atoms with Gasteiger partial charge in [0.2, 0.25) is 5.91 Å². The van der Waals surface area contributed by atoms with Crippen molar-refractivity contribution >= 4 is 23.3 Å². The number of nitrogens with zero attached hydrogens (tertiary/aromatic N) is 3. The van der Waals surface area contributed by atoms with Crippen molar-refractivity contribution in [3.05, 3.63) is 75.8 Å². The van der Waals surface area contributed by atoms with Crippen molar-refractivity contribution in [2.45, 2.75) is 38.0 Å². The van der Waals surface area contributed by atoms with Crippen LogP contribution in [0.25, 0.3) is 0 Å². The Labute approximate surface area is 178 Å². The SMILES string of the molecule is CC1(C)COC(=O)C2(CC(c3ccc([N+](=O)[O-])cc3)=NO2)N1C(=O)Cc1ccccc1. The van der Waals surface area contributed by atoms with Crippen LogP contribution < -0.4 is 0 Å². The van der Waals surface area contributed by atoms with E-state index in [1.807, 2.05) is 30.3 Å². The fourth-order valence-electron chi connectivity index (χ4n) is 3.97. The number of amides is 1. The number of carbonyl (C=O) groups is 2. The minimum absolute atomic E-state index is 0.0202. The lowest BCUT2D eigenvalue weighted by Crippen LogP contribution is -2.70. The second-order valence-electron chi connectivity index (χ2n) is 8.17. The Morgan fingerprint density at radius 1 is 1.16 bits per heavy atom. The van der Waals surface area contributed by atoms with Crippen LogP contribution in [0.15, 0.2) is 59.8 Å². The van der Waals surface area contributed by atoms with E-state index in [-0.39, 0.29) is 31.0 Å². The smallest absolute Gasteiger partial charge is 0.375 e. The Morgan fingerprint density at radius 3 is 2.48 bits per heavy atom. The van der Waals surface area contributed by atoms with Gasteiger partial charge in [-0.15, -0.1) is 0 Å². The van der Waals surface area contributed by atoms with Crippen LogP contribution in [0.3, 0.4) is 0 Å². The lowest BCUT2D eigenvalue weighted by molar-refractivity contribution is -0.384. The molecular formula is C22H21N3O6. The van der Waals surface area contributed by atoms with Gasteiger partial charge in [-0.2, -0.15) is 0 Å². The van der Waals surface area contributed by atoms with Crippen molar-refractivity contribution in [1.29, 1.82) is 0 Å². The molecule has 4 rings (SSSR count). The van der Waals surface area contributed by atoms with E-state index in [9.17, 15) is 19.7 Å². The summed E-state index contributed by atoms with van der Waals surface area (Å²) in [6.45, 7) is 3.64. The first kappa shape index (κ1) is 20.5. The summed E-state index contributed by atoms with van der Waals surface area (Å²) in [6, 6.07) is 15.0. The van der Waals surface area contributed by atoms with Gasteiger partial charge in [0.15, 0.2) is 0 Å². The lowest BCUT2D eigenvalue weighted by Gasteiger charge is -2.49. The fourth-order valence-corrected chi connectivity index (χ4v) is 3.97. The van der Waals surface area contributed by atoms with E-state index < -0.39 is 22.2 Å². The van der Waals surface area contributed by atoms with Crippen LogP contribution >= 0.6 is 0 Å². The Bertz CT molecular complexity index is 1060. The molecule has 2 aromatic rings. The molecule has 1 unspecified atom stereocenters. The first-order valence-electron chi connectivity index (χ1n) is 9.77. The molecule has 31 heavy (non-hydrogen) atoms. The standard InChI is InChI=1S/C22H21N3O6/c1-21(2)14-30-20(27)22(24(21)19(26)12-15-6-4-3-5-7-15)13-18(23-31-22)16-8-10-17(11-9-16)25(28)29/h3-11H,12-14H2,1-2H3. The third kappa shape index (κ3) is 3.63.